The van der Waals surface area contributed by atoms with E-state index in [1.165, 1.54) is 10.9 Å². The van der Waals surface area contributed by atoms with Crippen molar-refractivity contribution in [2.45, 2.75) is 19.8 Å². The van der Waals surface area contributed by atoms with E-state index >= 15 is 0 Å². The predicted molar refractivity (Wildman–Crippen MR) is 98.8 cm³/mol. The van der Waals surface area contributed by atoms with Crippen molar-refractivity contribution in [2.75, 3.05) is 0 Å². The molecule has 3 aromatic rings. The number of hydrogen-bond acceptors (Lipinski definition) is 4. The summed E-state index contributed by atoms with van der Waals surface area (Å²) < 4.78 is 2.13. The number of phenols is 1. The van der Waals surface area contributed by atoms with Crippen LogP contribution in [0.3, 0.4) is 0 Å². The molecule has 0 aliphatic carbocycles. The van der Waals surface area contributed by atoms with Crippen LogP contribution in [0.2, 0.25) is 0 Å². The zero-order valence-electron chi connectivity index (χ0n) is 13.1. The summed E-state index contributed by atoms with van der Waals surface area (Å²) >= 11 is 3.36. The molecule has 0 radical (unpaired) electrons. The van der Waals surface area contributed by atoms with Crippen molar-refractivity contribution < 1.29 is 5.11 Å². The number of phenolic OH excluding ortho intramolecular Hbond substituents is 1. The Hall–Kier alpha value is -2.47. The minimum Gasteiger partial charge on any atom is -0.507 e. The summed E-state index contributed by atoms with van der Waals surface area (Å²) in [7, 11) is 0. The fraction of sp³-hybridized carbons (Fsp3) is 0.167. The molecule has 5 nitrogen and oxygen atoms in total. The van der Waals surface area contributed by atoms with Crippen LogP contribution in [0.4, 0.5) is 0 Å². The average Bonchev–Trinajstić information content (AvgIpc) is 2.58. The van der Waals surface area contributed by atoms with Gasteiger partial charge < -0.3 is 5.11 Å². The van der Waals surface area contributed by atoms with Gasteiger partial charge in [-0.3, -0.25) is 4.79 Å². The molecule has 0 aliphatic heterocycles. The van der Waals surface area contributed by atoms with E-state index in [2.05, 4.69) is 26.0 Å². The highest BCUT2D eigenvalue weighted by Crippen LogP contribution is 2.20. The lowest BCUT2D eigenvalue weighted by Gasteiger charge is -2.08. The highest BCUT2D eigenvalue weighted by molar-refractivity contribution is 9.10. The van der Waals surface area contributed by atoms with E-state index in [4.69, 9.17) is 0 Å². The third-order valence-electron chi connectivity index (χ3n) is 3.60. The number of halogens is 1. The highest BCUT2D eigenvalue weighted by Gasteiger charge is 2.09. The van der Waals surface area contributed by atoms with Gasteiger partial charge in [0.1, 0.15) is 11.6 Å². The van der Waals surface area contributed by atoms with Gasteiger partial charge in [-0.25, -0.2) is 4.98 Å². The van der Waals surface area contributed by atoms with Gasteiger partial charge in [0, 0.05) is 16.5 Å². The third-order valence-corrected chi connectivity index (χ3v) is 4.09. The van der Waals surface area contributed by atoms with Gasteiger partial charge in [0.2, 0.25) is 0 Å². The molecule has 0 amide bonds. The second-order valence-electron chi connectivity index (χ2n) is 5.36. The predicted octanol–water partition coefficient (Wildman–Crippen LogP) is 3.70. The summed E-state index contributed by atoms with van der Waals surface area (Å²) in [6.07, 6.45) is 2.96. The van der Waals surface area contributed by atoms with Gasteiger partial charge in [-0.15, -0.1) is 0 Å². The molecule has 122 valence electrons. The first kappa shape index (κ1) is 16.4. The maximum Gasteiger partial charge on any atom is 0.282 e. The van der Waals surface area contributed by atoms with Crippen molar-refractivity contribution in [3.05, 3.63) is 68.7 Å². The zero-order valence-corrected chi connectivity index (χ0v) is 14.7. The summed E-state index contributed by atoms with van der Waals surface area (Å²) in [5, 5.41) is 14.7. The Morgan fingerprint density at radius 1 is 1.29 bits per heavy atom. The van der Waals surface area contributed by atoms with Gasteiger partial charge in [0.05, 0.1) is 17.1 Å². The van der Waals surface area contributed by atoms with E-state index in [9.17, 15) is 9.90 Å². The number of aryl methyl sites for hydroxylation is 1. The van der Waals surface area contributed by atoms with Gasteiger partial charge in [-0.2, -0.15) is 9.78 Å². The summed E-state index contributed by atoms with van der Waals surface area (Å²) in [6.45, 7) is 2.02. The number of aromatic nitrogens is 2. The fourth-order valence-electron chi connectivity index (χ4n) is 2.42. The Morgan fingerprint density at radius 3 is 2.88 bits per heavy atom. The first-order valence-electron chi connectivity index (χ1n) is 7.63. The summed E-state index contributed by atoms with van der Waals surface area (Å²) in [5.41, 5.74) is 0.976. The molecule has 3 rings (SSSR count). The standard InChI is InChI=1S/C18H16BrN3O2/c1-2-5-17-21-15-7-4-3-6-14(15)18(24)22(17)20-11-12-10-13(19)8-9-16(12)23/h3-4,6-11,23H,2,5H2,1H3/b20-11-. The van der Waals surface area contributed by atoms with Crippen molar-refractivity contribution >= 4 is 33.0 Å². The molecule has 0 aliphatic rings. The number of nitrogens with zero attached hydrogens (tertiary/aromatic N) is 3. The molecule has 0 unspecified atom stereocenters. The maximum atomic E-state index is 12.7. The summed E-state index contributed by atoms with van der Waals surface area (Å²) in [5.74, 6) is 0.702. The topological polar surface area (TPSA) is 67.5 Å². The van der Waals surface area contributed by atoms with Crippen molar-refractivity contribution in [1.82, 2.24) is 9.66 Å². The molecule has 2 aromatic carbocycles. The average molecular weight is 386 g/mol. The van der Waals surface area contributed by atoms with Crippen LogP contribution in [0.5, 0.6) is 5.75 Å². The second-order valence-corrected chi connectivity index (χ2v) is 6.28. The lowest BCUT2D eigenvalue weighted by molar-refractivity contribution is 0.474. The summed E-state index contributed by atoms with van der Waals surface area (Å²) in [4.78, 5) is 17.3. The Labute approximate surface area is 147 Å². The Balaban J connectivity index is 2.15. The second kappa shape index (κ2) is 6.97. The van der Waals surface area contributed by atoms with Crippen molar-refractivity contribution in [3.8, 4) is 5.75 Å². The minimum atomic E-state index is -0.213. The number of aromatic hydroxyl groups is 1. The van der Waals surface area contributed by atoms with E-state index < -0.39 is 0 Å². The molecule has 1 N–H and O–H groups in total. The van der Waals surface area contributed by atoms with Crippen LogP contribution in [0.15, 0.2) is 56.8 Å². The molecule has 0 spiro atoms. The first-order chi connectivity index (χ1) is 11.6. The SMILES string of the molecule is CCCc1nc2ccccc2c(=O)n1/N=C\c1cc(Br)ccc1O. The normalized spacial score (nSPS) is 11.4. The molecule has 6 heteroatoms. The molecule has 0 bridgehead atoms. The molecule has 0 saturated carbocycles. The molecule has 24 heavy (non-hydrogen) atoms. The summed E-state index contributed by atoms with van der Waals surface area (Å²) in [6, 6.07) is 12.3. The molecule has 0 atom stereocenters. The van der Waals surface area contributed by atoms with E-state index in [0.717, 1.165) is 10.9 Å². The monoisotopic (exact) mass is 385 g/mol. The van der Waals surface area contributed by atoms with E-state index in [0.29, 0.717) is 28.7 Å². The fourth-order valence-corrected chi connectivity index (χ4v) is 2.80. The van der Waals surface area contributed by atoms with Crippen LogP contribution in [0.1, 0.15) is 24.7 Å². The lowest BCUT2D eigenvalue weighted by atomic mass is 10.2. The van der Waals surface area contributed by atoms with E-state index in [-0.39, 0.29) is 11.3 Å². The molecule has 1 heterocycles. The van der Waals surface area contributed by atoms with Gasteiger partial charge in [0.15, 0.2) is 0 Å². The van der Waals surface area contributed by atoms with Crippen molar-refractivity contribution in [3.63, 3.8) is 0 Å². The number of benzene rings is 2. The van der Waals surface area contributed by atoms with Gasteiger partial charge in [-0.05, 0) is 36.8 Å². The highest BCUT2D eigenvalue weighted by atomic mass is 79.9. The van der Waals surface area contributed by atoms with E-state index in [1.54, 1.807) is 30.3 Å². The third kappa shape index (κ3) is 3.23. The zero-order chi connectivity index (χ0) is 17.1. The quantitative estimate of drug-likeness (QED) is 0.696. The number of fused-ring (bicyclic) bond motifs is 1. The van der Waals surface area contributed by atoms with Crippen molar-refractivity contribution in [2.24, 2.45) is 5.10 Å². The molecular weight excluding hydrogens is 370 g/mol. The number of rotatable bonds is 4. The van der Waals surface area contributed by atoms with Crippen LogP contribution < -0.4 is 5.56 Å². The minimum absolute atomic E-state index is 0.0980. The Kier molecular flexibility index (Phi) is 4.76. The molecule has 0 saturated heterocycles. The first-order valence-corrected chi connectivity index (χ1v) is 8.43. The number of hydrogen-bond donors (Lipinski definition) is 1. The van der Waals surface area contributed by atoms with Crippen LogP contribution in [-0.2, 0) is 6.42 Å². The maximum absolute atomic E-state index is 12.7. The van der Waals surface area contributed by atoms with Gasteiger partial charge in [-0.1, -0.05) is 35.0 Å². The van der Waals surface area contributed by atoms with Crippen molar-refractivity contribution in [1.29, 1.82) is 0 Å². The van der Waals surface area contributed by atoms with Crippen LogP contribution >= 0.6 is 15.9 Å². The Bertz CT molecular complexity index is 980. The van der Waals surface area contributed by atoms with Gasteiger partial charge in [0.25, 0.3) is 5.56 Å². The molecule has 1 aromatic heterocycles. The smallest absolute Gasteiger partial charge is 0.282 e. The molecule has 0 fully saturated rings. The van der Waals surface area contributed by atoms with Crippen LogP contribution in [0, 0.1) is 0 Å². The van der Waals surface area contributed by atoms with Gasteiger partial charge >= 0.3 is 0 Å². The van der Waals surface area contributed by atoms with Crippen LogP contribution in [-0.4, -0.2) is 21.0 Å². The van der Waals surface area contributed by atoms with E-state index in [1.807, 2.05) is 19.1 Å². The van der Waals surface area contributed by atoms with Crippen LogP contribution in [0.25, 0.3) is 10.9 Å². The molecular formula is C18H16BrN3O2. The number of para-hydroxylation sites is 1. The largest absolute Gasteiger partial charge is 0.507 e. The Morgan fingerprint density at radius 2 is 2.08 bits per heavy atom. The lowest BCUT2D eigenvalue weighted by Crippen LogP contribution is -2.22.